The molecule has 1 aromatic rings. The summed E-state index contributed by atoms with van der Waals surface area (Å²) in [4.78, 5) is 11.4. The van der Waals surface area contributed by atoms with Gasteiger partial charge in [-0.25, -0.2) is 0 Å². The minimum atomic E-state index is -0.894. The number of aliphatic hydroxyl groups is 2. The fourth-order valence-corrected chi connectivity index (χ4v) is 3.21. The number of ketones is 1. The van der Waals surface area contributed by atoms with Crippen LogP contribution in [0.15, 0.2) is 24.3 Å². The number of fused-ring (bicyclic) bond motifs is 1. The Hall–Kier alpha value is -1.34. The number of hydrogen-bond donors (Lipinski definition) is 2. The highest BCUT2D eigenvalue weighted by Gasteiger charge is 2.52. The van der Waals surface area contributed by atoms with E-state index in [1.54, 1.807) is 24.3 Å². The highest BCUT2D eigenvalue weighted by molar-refractivity contribution is 6.30. The predicted octanol–water partition coefficient (Wildman–Crippen LogP) is 1.96. The topological polar surface area (TPSA) is 57.5 Å². The van der Waals surface area contributed by atoms with Gasteiger partial charge in [0.25, 0.3) is 0 Å². The van der Waals surface area contributed by atoms with Crippen LogP contribution in [0.25, 0.3) is 0 Å². The second kappa shape index (κ2) is 5.21. The maximum absolute atomic E-state index is 11.4. The number of halogens is 1. The fourth-order valence-electron chi connectivity index (χ4n) is 3.09. The third-order valence-corrected chi connectivity index (χ3v) is 4.56. The predicted molar refractivity (Wildman–Crippen MR) is 74.9 cm³/mol. The highest BCUT2D eigenvalue weighted by atomic mass is 35.5. The van der Waals surface area contributed by atoms with Crippen LogP contribution in [0.1, 0.15) is 24.5 Å². The highest BCUT2D eigenvalue weighted by Crippen LogP contribution is 2.47. The third kappa shape index (κ3) is 2.35. The molecule has 0 bridgehead atoms. The largest absolute Gasteiger partial charge is 0.392 e. The third-order valence-electron chi connectivity index (χ3n) is 4.31. The van der Waals surface area contributed by atoms with E-state index >= 15 is 0 Å². The SMILES string of the molecule is O=C1CC2C1CC(O)C2C#CC(O)c1ccc(Cl)cc1. The summed E-state index contributed by atoms with van der Waals surface area (Å²) in [6, 6.07) is 6.85. The van der Waals surface area contributed by atoms with E-state index in [1.165, 1.54) is 0 Å². The van der Waals surface area contributed by atoms with Crippen molar-refractivity contribution in [2.45, 2.75) is 25.0 Å². The van der Waals surface area contributed by atoms with E-state index in [1.807, 2.05) is 0 Å². The molecule has 0 saturated heterocycles. The first-order valence-corrected chi connectivity index (χ1v) is 7.09. The number of Topliss-reactive ketones (excluding diaryl/α,β-unsaturated/α-hetero) is 1. The Labute approximate surface area is 122 Å². The van der Waals surface area contributed by atoms with Gasteiger partial charge in [-0.2, -0.15) is 0 Å². The first-order valence-electron chi connectivity index (χ1n) is 6.71. The van der Waals surface area contributed by atoms with E-state index < -0.39 is 12.2 Å². The Morgan fingerprint density at radius 2 is 2.00 bits per heavy atom. The number of carbonyl (C=O) groups excluding carboxylic acids is 1. The zero-order valence-electron chi connectivity index (χ0n) is 10.8. The molecule has 104 valence electrons. The molecule has 0 radical (unpaired) electrons. The quantitative estimate of drug-likeness (QED) is 0.778. The van der Waals surface area contributed by atoms with Crippen molar-refractivity contribution in [3.63, 3.8) is 0 Å². The lowest BCUT2D eigenvalue weighted by Gasteiger charge is -2.30. The van der Waals surface area contributed by atoms with Gasteiger partial charge in [0.2, 0.25) is 0 Å². The molecular formula is C16H15ClO3. The monoisotopic (exact) mass is 290 g/mol. The smallest absolute Gasteiger partial charge is 0.140 e. The van der Waals surface area contributed by atoms with Gasteiger partial charge in [0, 0.05) is 17.4 Å². The summed E-state index contributed by atoms with van der Waals surface area (Å²) in [7, 11) is 0. The van der Waals surface area contributed by atoms with Gasteiger partial charge >= 0.3 is 0 Å². The average molecular weight is 291 g/mol. The standard InChI is InChI=1S/C16H15ClO3/c17-10-3-1-9(2-4-10)14(18)6-5-11-12-7-16(20)13(12)8-15(11)19/h1-4,11-15,18-19H,7-8H2. The molecule has 0 aromatic heterocycles. The molecule has 5 unspecified atom stereocenters. The van der Waals surface area contributed by atoms with Crippen LogP contribution in [0.4, 0.5) is 0 Å². The van der Waals surface area contributed by atoms with Crippen molar-refractivity contribution in [3.8, 4) is 11.8 Å². The van der Waals surface area contributed by atoms with Gasteiger partial charge < -0.3 is 10.2 Å². The number of hydrogen-bond acceptors (Lipinski definition) is 3. The van der Waals surface area contributed by atoms with Gasteiger partial charge in [-0.3, -0.25) is 4.79 Å². The van der Waals surface area contributed by atoms with Crippen LogP contribution in [0.5, 0.6) is 0 Å². The molecular weight excluding hydrogens is 276 g/mol. The molecule has 0 amide bonds. The molecule has 2 N–H and O–H groups in total. The maximum Gasteiger partial charge on any atom is 0.140 e. The molecule has 0 heterocycles. The van der Waals surface area contributed by atoms with Gasteiger partial charge in [-0.15, -0.1) is 0 Å². The van der Waals surface area contributed by atoms with Gasteiger partial charge in [-0.05, 0) is 30.0 Å². The van der Waals surface area contributed by atoms with Crippen LogP contribution in [-0.4, -0.2) is 22.1 Å². The molecule has 4 heteroatoms. The van der Waals surface area contributed by atoms with E-state index in [-0.39, 0.29) is 23.5 Å². The average Bonchev–Trinajstić information content (AvgIpc) is 2.69. The Morgan fingerprint density at radius 3 is 2.60 bits per heavy atom. The van der Waals surface area contributed by atoms with Gasteiger partial charge in [0.1, 0.15) is 11.9 Å². The molecule has 2 aliphatic rings. The summed E-state index contributed by atoms with van der Waals surface area (Å²) in [5.41, 5.74) is 0.677. The van der Waals surface area contributed by atoms with E-state index in [2.05, 4.69) is 11.8 Å². The molecule has 3 nitrogen and oxygen atoms in total. The molecule has 3 rings (SSSR count). The van der Waals surface area contributed by atoms with Crippen LogP contribution in [0.2, 0.25) is 5.02 Å². The Morgan fingerprint density at radius 1 is 1.30 bits per heavy atom. The molecule has 2 fully saturated rings. The molecule has 5 atom stereocenters. The van der Waals surface area contributed by atoms with E-state index in [0.29, 0.717) is 23.4 Å². The van der Waals surface area contributed by atoms with E-state index in [4.69, 9.17) is 11.6 Å². The van der Waals surface area contributed by atoms with E-state index in [0.717, 1.165) is 0 Å². The minimum Gasteiger partial charge on any atom is -0.392 e. The van der Waals surface area contributed by atoms with Crippen molar-refractivity contribution in [3.05, 3.63) is 34.9 Å². The molecule has 0 aliphatic heterocycles. The second-order valence-electron chi connectivity index (χ2n) is 5.51. The molecule has 0 spiro atoms. The maximum atomic E-state index is 11.4. The van der Waals surface area contributed by atoms with Crippen molar-refractivity contribution in [1.29, 1.82) is 0 Å². The van der Waals surface area contributed by atoms with Crippen LogP contribution < -0.4 is 0 Å². The summed E-state index contributed by atoms with van der Waals surface area (Å²) < 4.78 is 0. The normalized spacial score (nSPS) is 32.9. The summed E-state index contributed by atoms with van der Waals surface area (Å²) in [6.45, 7) is 0. The van der Waals surface area contributed by atoms with Crippen molar-refractivity contribution in [2.24, 2.45) is 17.8 Å². The van der Waals surface area contributed by atoms with Crippen molar-refractivity contribution in [2.75, 3.05) is 0 Å². The van der Waals surface area contributed by atoms with Crippen molar-refractivity contribution in [1.82, 2.24) is 0 Å². The van der Waals surface area contributed by atoms with Crippen molar-refractivity contribution < 1.29 is 15.0 Å². The zero-order valence-corrected chi connectivity index (χ0v) is 11.5. The molecule has 20 heavy (non-hydrogen) atoms. The zero-order chi connectivity index (χ0) is 14.3. The second-order valence-corrected chi connectivity index (χ2v) is 5.95. The molecule has 2 saturated carbocycles. The number of benzene rings is 1. The lowest BCUT2D eigenvalue weighted by molar-refractivity contribution is -0.133. The Bertz CT molecular complexity index is 584. The molecule has 1 aromatic carbocycles. The lowest BCUT2D eigenvalue weighted by atomic mass is 9.71. The number of carbonyl (C=O) groups is 1. The Balaban J connectivity index is 1.72. The first kappa shape index (κ1) is 13.6. The molecule has 2 aliphatic carbocycles. The van der Waals surface area contributed by atoms with Crippen molar-refractivity contribution >= 4 is 17.4 Å². The number of rotatable bonds is 1. The summed E-state index contributed by atoms with van der Waals surface area (Å²) >= 11 is 5.79. The van der Waals surface area contributed by atoms with E-state index in [9.17, 15) is 15.0 Å². The minimum absolute atomic E-state index is 0.0167. The van der Waals surface area contributed by atoms with Crippen LogP contribution >= 0.6 is 11.6 Å². The summed E-state index contributed by atoms with van der Waals surface area (Å²) in [6.07, 6.45) is -0.423. The van der Waals surface area contributed by atoms with Gasteiger partial charge in [0.15, 0.2) is 0 Å². The van der Waals surface area contributed by atoms with Gasteiger partial charge in [0.05, 0.1) is 12.0 Å². The Kier molecular flexibility index (Phi) is 3.55. The summed E-state index contributed by atoms with van der Waals surface area (Å²) in [5, 5.41) is 20.6. The number of aliphatic hydroxyl groups excluding tert-OH is 2. The first-order chi connectivity index (χ1) is 9.56. The van der Waals surface area contributed by atoms with Crippen LogP contribution in [0.3, 0.4) is 0 Å². The summed E-state index contributed by atoms with van der Waals surface area (Å²) in [5.74, 6) is 5.93. The van der Waals surface area contributed by atoms with Crippen LogP contribution in [-0.2, 0) is 4.79 Å². The lowest BCUT2D eigenvalue weighted by Crippen LogP contribution is -2.35. The van der Waals surface area contributed by atoms with Gasteiger partial charge in [-0.1, -0.05) is 35.6 Å². The fraction of sp³-hybridized carbons (Fsp3) is 0.438. The van der Waals surface area contributed by atoms with Crippen LogP contribution in [0, 0.1) is 29.6 Å².